The summed E-state index contributed by atoms with van der Waals surface area (Å²) in [5, 5.41) is 8.64. The summed E-state index contributed by atoms with van der Waals surface area (Å²) >= 11 is 0. The minimum Gasteiger partial charge on any atom is -0.241 e. The molecule has 0 aliphatic carbocycles. The third-order valence-corrected chi connectivity index (χ3v) is 1.68. The Morgan fingerprint density at radius 2 is 2.42 bits per heavy atom. The number of nitrogens with zero attached hydrogens (tertiary/aromatic N) is 3. The van der Waals surface area contributed by atoms with Crippen molar-refractivity contribution in [1.82, 2.24) is 9.97 Å². The van der Waals surface area contributed by atoms with Crippen LogP contribution in [0.5, 0.6) is 0 Å². The van der Waals surface area contributed by atoms with Gasteiger partial charge < -0.3 is 0 Å². The number of aryl methyl sites for hydroxylation is 1. The fourth-order valence-corrected chi connectivity index (χ4v) is 0.892. The molecule has 0 saturated carbocycles. The van der Waals surface area contributed by atoms with Crippen LogP contribution < -0.4 is 0 Å². The quantitative estimate of drug-likeness (QED) is 0.662. The normalized spacial score (nSPS) is 12.1. The molecule has 1 aromatic heterocycles. The maximum atomic E-state index is 8.64. The standard InChI is InChI=1S/C9H11N3/c1-3-9-11-5-4-8(12-9)7(2)6-10/h4-5,7H,3H2,1-2H3. The van der Waals surface area contributed by atoms with Crippen LogP contribution in [0.3, 0.4) is 0 Å². The highest BCUT2D eigenvalue weighted by atomic mass is 14.9. The summed E-state index contributed by atoms with van der Waals surface area (Å²) in [6.07, 6.45) is 2.51. The van der Waals surface area contributed by atoms with Crippen molar-refractivity contribution in [3.63, 3.8) is 0 Å². The maximum absolute atomic E-state index is 8.64. The summed E-state index contributed by atoms with van der Waals surface area (Å²) in [6, 6.07) is 3.93. The van der Waals surface area contributed by atoms with Crippen LogP contribution in [0.15, 0.2) is 12.3 Å². The van der Waals surface area contributed by atoms with Gasteiger partial charge in [-0.1, -0.05) is 6.92 Å². The van der Waals surface area contributed by atoms with E-state index in [1.165, 1.54) is 0 Å². The molecule has 1 atom stereocenters. The number of nitriles is 1. The zero-order valence-corrected chi connectivity index (χ0v) is 7.28. The Bertz CT molecular complexity index is 301. The molecule has 0 aliphatic heterocycles. The first-order valence-corrected chi connectivity index (χ1v) is 3.99. The number of hydrogen-bond acceptors (Lipinski definition) is 3. The molecule has 1 heterocycles. The third-order valence-electron chi connectivity index (χ3n) is 1.68. The topological polar surface area (TPSA) is 49.6 Å². The van der Waals surface area contributed by atoms with E-state index in [-0.39, 0.29) is 5.92 Å². The van der Waals surface area contributed by atoms with E-state index in [0.29, 0.717) is 0 Å². The van der Waals surface area contributed by atoms with Crippen LogP contribution in [0.2, 0.25) is 0 Å². The van der Waals surface area contributed by atoms with Crippen LogP contribution in [0.25, 0.3) is 0 Å². The monoisotopic (exact) mass is 161 g/mol. The molecule has 0 radical (unpaired) electrons. The van der Waals surface area contributed by atoms with Crippen molar-refractivity contribution < 1.29 is 0 Å². The molecule has 62 valence electrons. The van der Waals surface area contributed by atoms with Crippen LogP contribution in [0, 0.1) is 11.3 Å². The second-order valence-electron chi connectivity index (χ2n) is 2.60. The Morgan fingerprint density at radius 3 is 3.00 bits per heavy atom. The predicted molar refractivity (Wildman–Crippen MR) is 45.4 cm³/mol. The Kier molecular flexibility index (Phi) is 2.76. The van der Waals surface area contributed by atoms with Gasteiger partial charge in [0.15, 0.2) is 0 Å². The van der Waals surface area contributed by atoms with Gasteiger partial charge in [-0.15, -0.1) is 0 Å². The van der Waals surface area contributed by atoms with Gasteiger partial charge in [0.05, 0.1) is 17.7 Å². The van der Waals surface area contributed by atoms with Gasteiger partial charge in [-0.2, -0.15) is 5.26 Å². The summed E-state index contributed by atoms with van der Waals surface area (Å²) in [5.41, 5.74) is 0.810. The van der Waals surface area contributed by atoms with Crippen molar-refractivity contribution in [1.29, 1.82) is 5.26 Å². The van der Waals surface area contributed by atoms with E-state index in [0.717, 1.165) is 17.9 Å². The SMILES string of the molecule is CCc1nccc(C(C)C#N)n1. The Morgan fingerprint density at radius 1 is 1.67 bits per heavy atom. The van der Waals surface area contributed by atoms with Crippen LogP contribution in [-0.2, 0) is 6.42 Å². The van der Waals surface area contributed by atoms with Gasteiger partial charge in [0.2, 0.25) is 0 Å². The van der Waals surface area contributed by atoms with Crippen molar-refractivity contribution in [2.75, 3.05) is 0 Å². The smallest absolute Gasteiger partial charge is 0.128 e. The average molecular weight is 161 g/mol. The summed E-state index contributed by atoms with van der Waals surface area (Å²) < 4.78 is 0. The van der Waals surface area contributed by atoms with Crippen molar-refractivity contribution >= 4 is 0 Å². The Labute approximate surface area is 72.1 Å². The molecule has 0 saturated heterocycles. The zero-order chi connectivity index (χ0) is 8.97. The predicted octanol–water partition coefficient (Wildman–Crippen LogP) is 1.67. The lowest BCUT2D eigenvalue weighted by atomic mass is 10.1. The first-order chi connectivity index (χ1) is 5.77. The molecule has 0 fully saturated rings. The van der Waals surface area contributed by atoms with E-state index in [2.05, 4.69) is 16.0 Å². The van der Waals surface area contributed by atoms with Gasteiger partial charge in [0.25, 0.3) is 0 Å². The minimum absolute atomic E-state index is 0.140. The Balaban J connectivity index is 2.95. The van der Waals surface area contributed by atoms with Gasteiger partial charge in [0, 0.05) is 12.6 Å². The highest BCUT2D eigenvalue weighted by molar-refractivity contribution is 5.14. The summed E-state index contributed by atoms with van der Waals surface area (Å²) in [7, 11) is 0. The summed E-state index contributed by atoms with van der Waals surface area (Å²) in [6.45, 7) is 3.83. The largest absolute Gasteiger partial charge is 0.241 e. The lowest BCUT2D eigenvalue weighted by Gasteiger charge is -2.01. The van der Waals surface area contributed by atoms with Crippen LogP contribution in [0.4, 0.5) is 0 Å². The average Bonchev–Trinajstić information content (AvgIpc) is 2.17. The fourth-order valence-electron chi connectivity index (χ4n) is 0.892. The van der Waals surface area contributed by atoms with Crippen molar-refractivity contribution in [2.45, 2.75) is 26.2 Å². The molecule has 0 aliphatic rings. The van der Waals surface area contributed by atoms with E-state index in [4.69, 9.17) is 5.26 Å². The molecule has 1 unspecified atom stereocenters. The number of hydrogen-bond donors (Lipinski definition) is 0. The van der Waals surface area contributed by atoms with Gasteiger partial charge in [-0.25, -0.2) is 9.97 Å². The zero-order valence-electron chi connectivity index (χ0n) is 7.28. The molecule has 3 nitrogen and oxygen atoms in total. The van der Waals surface area contributed by atoms with E-state index >= 15 is 0 Å². The van der Waals surface area contributed by atoms with Crippen molar-refractivity contribution in [2.24, 2.45) is 0 Å². The summed E-state index contributed by atoms with van der Waals surface area (Å²) in [4.78, 5) is 8.28. The molecule has 0 aromatic carbocycles. The molecule has 0 spiro atoms. The summed E-state index contributed by atoms with van der Waals surface area (Å²) in [5.74, 6) is 0.660. The molecule has 12 heavy (non-hydrogen) atoms. The number of rotatable bonds is 2. The van der Waals surface area contributed by atoms with Gasteiger partial charge in [0.1, 0.15) is 5.82 Å². The third kappa shape index (κ3) is 1.79. The van der Waals surface area contributed by atoms with Crippen LogP contribution in [-0.4, -0.2) is 9.97 Å². The molecule has 0 N–H and O–H groups in total. The maximum Gasteiger partial charge on any atom is 0.128 e. The van der Waals surface area contributed by atoms with E-state index in [1.54, 1.807) is 12.3 Å². The second-order valence-corrected chi connectivity index (χ2v) is 2.60. The van der Waals surface area contributed by atoms with Crippen molar-refractivity contribution in [3.8, 4) is 6.07 Å². The fraction of sp³-hybridized carbons (Fsp3) is 0.444. The molecular formula is C9H11N3. The van der Waals surface area contributed by atoms with Gasteiger partial charge >= 0.3 is 0 Å². The first kappa shape index (κ1) is 8.66. The second kappa shape index (κ2) is 3.82. The molecule has 0 bridgehead atoms. The van der Waals surface area contributed by atoms with Gasteiger partial charge in [-0.3, -0.25) is 0 Å². The molecular weight excluding hydrogens is 150 g/mol. The minimum atomic E-state index is -0.140. The highest BCUT2D eigenvalue weighted by Gasteiger charge is 2.05. The first-order valence-electron chi connectivity index (χ1n) is 3.99. The molecule has 0 amide bonds. The van der Waals surface area contributed by atoms with E-state index < -0.39 is 0 Å². The molecule has 1 aromatic rings. The number of aromatic nitrogens is 2. The van der Waals surface area contributed by atoms with Crippen LogP contribution in [0.1, 0.15) is 31.3 Å². The highest BCUT2D eigenvalue weighted by Crippen LogP contribution is 2.09. The lowest BCUT2D eigenvalue weighted by molar-refractivity contribution is 0.846. The molecule has 1 rings (SSSR count). The lowest BCUT2D eigenvalue weighted by Crippen LogP contribution is -1.99. The van der Waals surface area contributed by atoms with E-state index in [9.17, 15) is 0 Å². The van der Waals surface area contributed by atoms with Crippen LogP contribution >= 0.6 is 0 Å². The van der Waals surface area contributed by atoms with E-state index in [1.807, 2.05) is 13.8 Å². The molecule has 3 heteroatoms. The Hall–Kier alpha value is -1.43. The van der Waals surface area contributed by atoms with Gasteiger partial charge in [-0.05, 0) is 13.0 Å². The van der Waals surface area contributed by atoms with Crippen molar-refractivity contribution in [3.05, 3.63) is 23.8 Å².